The van der Waals surface area contributed by atoms with Gasteiger partial charge in [0.1, 0.15) is 11.6 Å². The maximum atomic E-state index is 12.1. The molecule has 0 saturated carbocycles. The van der Waals surface area contributed by atoms with Gasteiger partial charge >= 0.3 is 5.97 Å². The molecule has 0 unspecified atom stereocenters. The standard InChI is InChI=1S/C17H15ClN2O2S2/c1-2-4-15-19-13(9-23-15)8-22-17(21)14-10-24-16(20-14)11-5-3-6-12(18)7-11/h3,5-7,9-10H,2,4,8H2,1H3. The fraction of sp³-hybridized carbons (Fsp3) is 0.235. The van der Waals surface area contributed by atoms with Crippen molar-refractivity contribution < 1.29 is 9.53 Å². The van der Waals surface area contributed by atoms with Crippen LogP contribution in [-0.2, 0) is 17.8 Å². The molecule has 0 N–H and O–H groups in total. The molecule has 7 heteroatoms. The predicted octanol–water partition coefficient (Wildman–Crippen LogP) is 5.23. The van der Waals surface area contributed by atoms with Crippen molar-refractivity contribution in [2.75, 3.05) is 0 Å². The highest BCUT2D eigenvalue weighted by Crippen LogP contribution is 2.26. The number of esters is 1. The molecule has 1 aromatic carbocycles. The fourth-order valence-electron chi connectivity index (χ4n) is 2.08. The normalized spacial score (nSPS) is 10.8. The van der Waals surface area contributed by atoms with Gasteiger partial charge in [0.25, 0.3) is 0 Å². The van der Waals surface area contributed by atoms with E-state index in [9.17, 15) is 4.79 Å². The monoisotopic (exact) mass is 378 g/mol. The van der Waals surface area contributed by atoms with Crippen molar-refractivity contribution in [2.45, 2.75) is 26.4 Å². The van der Waals surface area contributed by atoms with Gasteiger partial charge in [-0.25, -0.2) is 14.8 Å². The zero-order valence-electron chi connectivity index (χ0n) is 13.0. The quantitative estimate of drug-likeness (QED) is 0.551. The van der Waals surface area contributed by atoms with E-state index in [0.29, 0.717) is 10.7 Å². The summed E-state index contributed by atoms with van der Waals surface area (Å²) in [5.74, 6) is -0.440. The minimum Gasteiger partial charge on any atom is -0.454 e. The Morgan fingerprint density at radius 1 is 1.25 bits per heavy atom. The number of aromatic nitrogens is 2. The van der Waals surface area contributed by atoms with Crippen LogP contribution in [0.1, 0.15) is 34.5 Å². The van der Waals surface area contributed by atoms with Crippen LogP contribution in [0.15, 0.2) is 35.0 Å². The van der Waals surface area contributed by atoms with Crippen LogP contribution in [0.25, 0.3) is 10.6 Å². The number of thiazole rings is 2. The summed E-state index contributed by atoms with van der Waals surface area (Å²) in [5.41, 5.74) is 1.97. The summed E-state index contributed by atoms with van der Waals surface area (Å²) in [4.78, 5) is 20.9. The Labute approximate surface area is 153 Å². The molecular formula is C17H15ClN2O2S2. The number of hydrogen-bond donors (Lipinski definition) is 0. The van der Waals surface area contributed by atoms with E-state index in [-0.39, 0.29) is 6.61 Å². The van der Waals surface area contributed by atoms with Crippen molar-refractivity contribution in [1.82, 2.24) is 9.97 Å². The highest BCUT2D eigenvalue weighted by Gasteiger charge is 2.14. The molecule has 0 aliphatic carbocycles. The molecule has 2 aromatic heterocycles. The first kappa shape index (κ1) is 17.1. The van der Waals surface area contributed by atoms with Crippen LogP contribution in [0.2, 0.25) is 5.02 Å². The van der Waals surface area contributed by atoms with E-state index in [1.54, 1.807) is 22.8 Å². The second-order valence-corrected chi connectivity index (χ2v) is 7.34. The summed E-state index contributed by atoms with van der Waals surface area (Å²) in [6.45, 7) is 2.28. The van der Waals surface area contributed by atoms with E-state index in [1.807, 2.05) is 23.6 Å². The molecular weight excluding hydrogens is 364 g/mol. The summed E-state index contributed by atoms with van der Waals surface area (Å²) in [5, 5.41) is 6.07. The number of carbonyl (C=O) groups is 1. The minimum atomic E-state index is -0.440. The SMILES string of the molecule is CCCc1nc(COC(=O)c2csc(-c3cccc(Cl)c3)n2)cs1. The molecule has 0 amide bonds. The van der Waals surface area contributed by atoms with Crippen LogP contribution in [0, 0.1) is 0 Å². The number of halogens is 1. The van der Waals surface area contributed by atoms with Gasteiger partial charge in [-0.1, -0.05) is 30.7 Å². The predicted molar refractivity (Wildman–Crippen MR) is 97.8 cm³/mol. The maximum Gasteiger partial charge on any atom is 0.358 e. The lowest BCUT2D eigenvalue weighted by Crippen LogP contribution is -2.06. The zero-order valence-corrected chi connectivity index (χ0v) is 15.4. The lowest BCUT2D eigenvalue weighted by atomic mass is 10.2. The summed E-state index contributed by atoms with van der Waals surface area (Å²) < 4.78 is 5.30. The zero-order chi connectivity index (χ0) is 16.9. The van der Waals surface area contributed by atoms with E-state index < -0.39 is 5.97 Å². The van der Waals surface area contributed by atoms with E-state index in [4.69, 9.17) is 16.3 Å². The third kappa shape index (κ3) is 4.20. The molecule has 4 nitrogen and oxygen atoms in total. The second-order valence-electron chi connectivity index (χ2n) is 5.11. The van der Waals surface area contributed by atoms with Gasteiger partial charge < -0.3 is 4.74 Å². The van der Waals surface area contributed by atoms with E-state index in [2.05, 4.69) is 16.9 Å². The number of rotatable bonds is 6. The minimum absolute atomic E-state index is 0.170. The lowest BCUT2D eigenvalue weighted by molar-refractivity contribution is 0.0462. The van der Waals surface area contributed by atoms with E-state index in [0.717, 1.165) is 34.1 Å². The summed E-state index contributed by atoms with van der Waals surface area (Å²) in [6, 6.07) is 7.38. The molecule has 0 fully saturated rings. The molecule has 124 valence electrons. The van der Waals surface area contributed by atoms with Crippen molar-refractivity contribution in [3.8, 4) is 10.6 Å². The highest BCUT2D eigenvalue weighted by atomic mass is 35.5. The van der Waals surface area contributed by atoms with Crippen molar-refractivity contribution in [2.24, 2.45) is 0 Å². The van der Waals surface area contributed by atoms with Gasteiger partial charge in [0, 0.05) is 21.3 Å². The Hall–Kier alpha value is -1.76. The van der Waals surface area contributed by atoms with Crippen LogP contribution in [-0.4, -0.2) is 15.9 Å². The third-order valence-electron chi connectivity index (χ3n) is 3.20. The number of hydrogen-bond acceptors (Lipinski definition) is 6. The second kappa shape index (κ2) is 7.88. The van der Waals surface area contributed by atoms with Crippen LogP contribution in [0.5, 0.6) is 0 Å². The first-order chi connectivity index (χ1) is 11.7. The highest BCUT2D eigenvalue weighted by molar-refractivity contribution is 7.13. The number of ether oxygens (including phenoxy) is 1. The smallest absolute Gasteiger partial charge is 0.358 e. The topological polar surface area (TPSA) is 52.1 Å². The molecule has 0 atom stereocenters. The Balaban J connectivity index is 1.63. The molecule has 0 spiro atoms. The average molecular weight is 379 g/mol. The molecule has 2 heterocycles. The fourth-order valence-corrected chi connectivity index (χ4v) is 3.94. The Morgan fingerprint density at radius 2 is 2.12 bits per heavy atom. The van der Waals surface area contributed by atoms with Crippen LogP contribution in [0.4, 0.5) is 0 Å². The number of aryl methyl sites for hydroxylation is 1. The summed E-state index contributed by atoms with van der Waals surface area (Å²) in [6.07, 6.45) is 2.01. The van der Waals surface area contributed by atoms with Gasteiger partial charge in [0.15, 0.2) is 5.69 Å². The summed E-state index contributed by atoms with van der Waals surface area (Å²) >= 11 is 8.97. The maximum absolute atomic E-state index is 12.1. The van der Waals surface area contributed by atoms with Crippen LogP contribution in [0.3, 0.4) is 0 Å². The number of nitrogens with zero attached hydrogens (tertiary/aromatic N) is 2. The largest absolute Gasteiger partial charge is 0.454 e. The van der Waals surface area contributed by atoms with Gasteiger partial charge in [-0.05, 0) is 25.0 Å². The molecule has 0 aliphatic heterocycles. The van der Waals surface area contributed by atoms with Crippen LogP contribution < -0.4 is 0 Å². The van der Waals surface area contributed by atoms with Crippen molar-refractivity contribution in [3.63, 3.8) is 0 Å². The van der Waals surface area contributed by atoms with Gasteiger partial charge in [0.2, 0.25) is 0 Å². The third-order valence-corrected chi connectivity index (χ3v) is 5.28. The number of benzene rings is 1. The number of carbonyl (C=O) groups excluding carboxylic acids is 1. The summed E-state index contributed by atoms with van der Waals surface area (Å²) in [7, 11) is 0. The Kier molecular flexibility index (Phi) is 5.60. The van der Waals surface area contributed by atoms with Crippen molar-refractivity contribution >= 4 is 40.2 Å². The van der Waals surface area contributed by atoms with Gasteiger partial charge in [-0.2, -0.15) is 0 Å². The van der Waals surface area contributed by atoms with Crippen molar-refractivity contribution in [1.29, 1.82) is 0 Å². The van der Waals surface area contributed by atoms with Gasteiger partial charge in [-0.3, -0.25) is 0 Å². The Bertz CT molecular complexity index is 844. The van der Waals surface area contributed by atoms with E-state index in [1.165, 1.54) is 11.3 Å². The molecule has 0 aliphatic rings. The van der Waals surface area contributed by atoms with Gasteiger partial charge in [-0.15, -0.1) is 22.7 Å². The Morgan fingerprint density at radius 3 is 2.92 bits per heavy atom. The first-order valence-corrected chi connectivity index (χ1v) is 9.61. The average Bonchev–Trinajstić information content (AvgIpc) is 3.22. The lowest BCUT2D eigenvalue weighted by Gasteiger charge is -2.00. The molecule has 24 heavy (non-hydrogen) atoms. The molecule has 0 radical (unpaired) electrons. The van der Waals surface area contributed by atoms with Crippen LogP contribution >= 0.6 is 34.3 Å². The first-order valence-electron chi connectivity index (χ1n) is 7.47. The molecule has 0 saturated heterocycles. The molecule has 3 aromatic rings. The van der Waals surface area contributed by atoms with E-state index >= 15 is 0 Å². The van der Waals surface area contributed by atoms with Crippen molar-refractivity contribution in [3.05, 3.63) is 56.4 Å². The molecule has 3 rings (SSSR count). The molecule has 0 bridgehead atoms. The van der Waals surface area contributed by atoms with Gasteiger partial charge in [0.05, 0.1) is 10.7 Å².